The third-order valence-corrected chi connectivity index (χ3v) is 3.65. The number of hydrogen-bond donors (Lipinski definition) is 1. The fourth-order valence-corrected chi connectivity index (χ4v) is 2.56. The molecule has 0 aromatic carbocycles. The van der Waals surface area contributed by atoms with Gasteiger partial charge < -0.3 is 14.8 Å². The number of carboxylic acid groups (broad SMARTS) is 1. The minimum absolute atomic E-state index is 0.347. The van der Waals surface area contributed by atoms with Gasteiger partial charge in [-0.3, -0.25) is 0 Å². The van der Waals surface area contributed by atoms with E-state index in [4.69, 9.17) is 9.94 Å². The lowest BCUT2D eigenvalue weighted by Gasteiger charge is -2.19. The van der Waals surface area contributed by atoms with Crippen molar-refractivity contribution in [3.05, 3.63) is 29.6 Å². The summed E-state index contributed by atoms with van der Waals surface area (Å²) in [4.78, 5) is 22.1. The molecule has 2 aliphatic rings. The van der Waals surface area contributed by atoms with E-state index in [0.717, 1.165) is 5.69 Å². The summed E-state index contributed by atoms with van der Waals surface area (Å²) in [6.45, 7) is 2.74. The van der Waals surface area contributed by atoms with Crippen molar-refractivity contribution in [2.45, 2.75) is 25.4 Å². The van der Waals surface area contributed by atoms with Gasteiger partial charge in [0.25, 0.3) is 0 Å². The maximum absolute atomic E-state index is 11.0. The standard InChI is InChI=1S/C15H15N3O3/c1-11-3-2-4-12(16-11)5-6-13-9-15(21-17-13)7-8-18(10-15)14(19)20/h2-4H,7-10H2,1H3,(H,19,20). The highest BCUT2D eigenvalue weighted by molar-refractivity contribution is 6.02. The first-order valence-corrected chi connectivity index (χ1v) is 6.75. The van der Waals surface area contributed by atoms with E-state index in [1.165, 1.54) is 4.90 Å². The minimum Gasteiger partial charge on any atom is -0.465 e. The van der Waals surface area contributed by atoms with Gasteiger partial charge in [0, 0.05) is 25.1 Å². The molecule has 2 aliphatic heterocycles. The second-order valence-electron chi connectivity index (χ2n) is 5.36. The van der Waals surface area contributed by atoms with Crippen molar-refractivity contribution in [2.75, 3.05) is 13.1 Å². The summed E-state index contributed by atoms with van der Waals surface area (Å²) in [5, 5.41) is 13.0. The molecule has 3 heterocycles. The number of aromatic nitrogens is 1. The molecule has 1 N–H and O–H groups in total. The number of pyridine rings is 1. The average Bonchev–Trinajstić information content (AvgIpc) is 3.05. The Labute approximate surface area is 122 Å². The number of amides is 1. The van der Waals surface area contributed by atoms with Crippen LogP contribution in [0.1, 0.15) is 24.2 Å². The fraction of sp³-hybridized carbons (Fsp3) is 0.400. The van der Waals surface area contributed by atoms with Gasteiger partial charge in [0.15, 0.2) is 5.60 Å². The van der Waals surface area contributed by atoms with Crippen LogP contribution in [0.5, 0.6) is 0 Å². The SMILES string of the molecule is Cc1cccc(C#CC2=NOC3(CCN(C(=O)O)C3)C2)n1. The quantitative estimate of drug-likeness (QED) is 0.735. The number of likely N-dealkylation sites (tertiary alicyclic amines) is 1. The molecule has 0 aliphatic carbocycles. The minimum atomic E-state index is -0.918. The zero-order valence-corrected chi connectivity index (χ0v) is 11.7. The molecule has 108 valence electrons. The first-order chi connectivity index (χ1) is 10.1. The Kier molecular flexibility index (Phi) is 3.26. The first-order valence-electron chi connectivity index (χ1n) is 6.75. The molecule has 0 bridgehead atoms. The van der Waals surface area contributed by atoms with Gasteiger partial charge in [-0.15, -0.1) is 0 Å². The van der Waals surface area contributed by atoms with Gasteiger partial charge in [-0.1, -0.05) is 11.2 Å². The summed E-state index contributed by atoms with van der Waals surface area (Å²) in [5.74, 6) is 5.93. The van der Waals surface area contributed by atoms with Gasteiger partial charge in [-0.2, -0.15) is 0 Å². The number of oxime groups is 1. The normalized spacial score (nSPS) is 23.5. The molecule has 1 amide bonds. The van der Waals surface area contributed by atoms with Crippen LogP contribution >= 0.6 is 0 Å². The van der Waals surface area contributed by atoms with Crippen LogP contribution in [0, 0.1) is 18.8 Å². The van der Waals surface area contributed by atoms with Crippen LogP contribution in [-0.2, 0) is 4.84 Å². The smallest absolute Gasteiger partial charge is 0.407 e. The zero-order valence-electron chi connectivity index (χ0n) is 11.7. The van der Waals surface area contributed by atoms with E-state index in [9.17, 15) is 4.79 Å². The lowest BCUT2D eigenvalue weighted by atomic mass is 9.97. The summed E-state index contributed by atoms with van der Waals surface area (Å²) < 4.78 is 0. The number of aryl methyl sites for hydroxylation is 1. The van der Waals surface area contributed by atoms with Crippen LogP contribution in [-0.4, -0.2) is 45.5 Å². The van der Waals surface area contributed by atoms with Crippen LogP contribution in [0.4, 0.5) is 4.79 Å². The predicted molar refractivity (Wildman–Crippen MR) is 75.9 cm³/mol. The van der Waals surface area contributed by atoms with Crippen molar-refractivity contribution in [1.29, 1.82) is 0 Å². The Morgan fingerprint density at radius 3 is 3.05 bits per heavy atom. The Balaban J connectivity index is 1.67. The second kappa shape index (κ2) is 5.09. The fourth-order valence-electron chi connectivity index (χ4n) is 2.56. The van der Waals surface area contributed by atoms with E-state index in [1.54, 1.807) is 0 Å². The third-order valence-electron chi connectivity index (χ3n) is 3.65. The van der Waals surface area contributed by atoms with E-state index in [-0.39, 0.29) is 0 Å². The number of rotatable bonds is 0. The molecule has 1 aromatic rings. The molecule has 1 unspecified atom stereocenters. The molecule has 1 spiro atoms. The molecule has 1 atom stereocenters. The highest BCUT2D eigenvalue weighted by Gasteiger charge is 2.46. The molecule has 1 fully saturated rings. The molecular formula is C15H15N3O3. The van der Waals surface area contributed by atoms with E-state index >= 15 is 0 Å². The largest absolute Gasteiger partial charge is 0.465 e. The Morgan fingerprint density at radius 2 is 2.33 bits per heavy atom. The molecule has 1 aromatic heterocycles. The van der Waals surface area contributed by atoms with E-state index in [1.807, 2.05) is 25.1 Å². The van der Waals surface area contributed by atoms with Crippen LogP contribution < -0.4 is 0 Å². The maximum Gasteiger partial charge on any atom is 0.407 e. The molecule has 6 nitrogen and oxygen atoms in total. The Morgan fingerprint density at radius 1 is 1.48 bits per heavy atom. The summed E-state index contributed by atoms with van der Waals surface area (Å²) in [7, 11) is 0. The van der Waals surface area contributed by atoms with Crippen LogP contribution in [0.15, 0.2) is 23.4 Å². The second-order valence-corrected chi connectivity index (χ2v) is 5.36. The van der Waals surface area contributed by atoms with Gasteiger partial charge in [0.2, 0.25) is 0 Å². The maximum atomic E-state index is 11.0. The highest BCUT2D eigenvalue weighted by Crippen LogP contribution is 2.33. The summed E-state index contributed by atoms with van der Waals surface area (Å²) in [5.41, 5.74) is 1.72. The highest BCUT2D eigenvalue weighted by atomic mass is 16.7. The lowest BCUT2D eigenvalue weighted by Crippen LogP contribution is -2.35. The topological polar surface area (TPSA) is 75.0 Å². The van der Waals surface area contributed by atoms with Gasteiger partial charge >= 0.3 is 6.09 Å². The van der Waals surface area contributed by atoms with Crippen molar-refractivity contribution >= 4 is 11.8 Å². The summed E-state index contributed by atoms with van der Waals surface area (Å²) in [6, 6.07) is 5.66. The van der Waals surface area contributed by atoms with Crippen molar-refractivity contribution in [2.24, 2.45) is 5.16 Å². The van der Waals surface area contributed by atoms with E-state index < -0.39 is 11.7 Å². The molecule has 0 saturated carbocycles. The number of carbonyl (C=O) groups is 1. The Hall–Kier alpha value is -2.55. The summed E-state index contributed by atoms with van der Waals surface area (Å²) in [6.07, 6.45) is 0.283. The van der Waals surface area contributed by atoms with Gasteiger partial charge in [0.05, 0.1) is 6.54 Å². The zero-order chi connectivity index (χ0) is 14.9. The molecule has 0 radical (unpaired) electrons. The molecule has 3 rings (SSSR count). The van der Waals surface area contributed by atoms with Crippen molar-refractivity contribution in [3.8, 4) is 11.8 Å². The molecule has 1 saturated heterocycles. The molecular weight excluding hydrogens is 270 g/mol. The number of nitrogens with zero attached hydrogens (tertiary/aromatic N) is 3. The van der Waals surface area contributed by atoms with E-state index in [2.05, 4.69) is 22.0 Å². The van der Waals surface area contributed by atoms with Crippen molar-refractivity contribution < 1.29 is 14.7 Å². The first kappa shape index (κ1) is 13.4. The van der Waals surface area contributed by atoms with Gasteiger partial charge in [-0.25, -0.2) is 9.78 Å². The predicted octanol–water partition coefficient (Wildman–Crippen LogP) is 1.64. The lowest BCUT2D eigenvalue weighted by molar-refractivity contribution is -0.00904. The summed E-state index contributed by atoms with van der Waals surface area (Å²) >= 11 is 0. The van der Waals surface area contributed by atoms with Gasteiger partial charge in [-0.05, 0) is 30.9 Å². The Bertz CT molecular complexity index is 674. The van der Waals surface area contributed by atoms with Crippen LogP contribution in [0.25, 0.3) is 0 Å². The van der Waals surface area contributed by atoms with Crippen LogP contribution in [0.3, 0.4) is 0 Å². The molecule has 21 heavy (non-hydrogen) atoms. The monoisotopic (exact) mass is 285 g/mol. The van der Waals surface area contributed by atoms with Gasteiger partial charge in [0.1, 0.15) is 11.4 Å². The average molecular weight is 285 g/mol. The van der Waals surface area contributed by atoms with Crippen molar-refractivity contribution in [3.63, 3.8) is 0 Å². The van der Waals surface area contributed by atoms with Crippen molar-refractivity contribution in [1.82, 2.24) is 9.88 Å². The van der Waals surface area contributed by atoms with E-state index in [0.29, 0.717) is 37.3 Å². The third kappa shape index (κ3) is 2.82. The molecule has 6 heteroatoms. The van der Waals surface area contributed by atoms with Crippen LogP contribution in [0.2, 0.25) is 0 Å². The number of hydrogen-bond acceptors (Lipinski definition) is 4.